The van der Waals surface area contributed by atoms with E-state index >= 15 is 0 Å². The minimum absolute atomic E-state index is 0.0776. The summed E-state index contributed by atoms with van der Waals surface area (Å²) in [4.78, 5) is 26.4. The number of fused-ring (bicyclic) bond motifs is 1. The molecule has 1 atom stereocenters. The molecule has 11 heteroatoms. The van der Waals surface area contributed by atoms with Crippen LogP contribution in [0.4, 0.5) is 4.39 Å². The molecule has 0 saturated heterocycles. The Kier molecular flexibility index (Phi) is 7.73. The second kappa shape index (κ2) is 10.9. The van der Waals surface area contributed by atoms with Crippen molar-refractivity contribution in [1.29, 1.82) is 0 Å². The Morgan fingerprint density at radius 3 is 2.47 bits per heavy atom. The van der Waals surface area contributed by atoms with E-state index < -0.39 is 0 Å². The van der Waals surface area contributed by atoms with Crippen molar-refractivity contribution in [3.63, 3.8) is 0 Å². The molecule has 0 amide bonds. The molecule has 3 aromatic heterocycles. The molecular weight excluding hydrogens is 504 g/mol. The summed E-state index contributed by atoms with van der Waals surface area (Å²) in [5.41, 5.74) is 10.2. The number of nitrogens with two attached hydrogens (primary N) is 1. The van der Waals surface area contributed by atoms with Gasteiger partial charge in [-0.25, -0.2) is 24.0 Å². The SMILES string of the molecule is Cc1nc2ncc(C(CN)c3cccc(F)c3)cc2[nH]1.Cc1ncn(-c2cc(Cl)c(C=O)c(Cl)c2)n1. The van der Waals surface area contributed by atoms with Crippen molar-refractivity contribution in [2.45, 2.75) is 19.8 Å². The molecule has 0 aliphatic heterocycles. The highest BCUT2D eigenvalue weighted by molar-refractivity contribution is 6.38. The number of aryl methyl sites for hydroxylation is 2. The zero-order valence-electron chi connectivity index (χ0n) is 19.4. The first-order valence-electron chi connectivity index (χ1n) is 10.9. The molecule has 0 saturated carbocycles. The third-order valence-corrected chi connectivity index (χ3v) is 6.04. The average Bonchev–Trinajstić information content (AvgIpc) is 3.44. The maximum atomic E-state index is 13.4. The minimum atomic E-state index is -0.257. The average molecular weight is 526 g/mol. The monoisotopic (exact) mass is 525 g/mol. The fourth-order valence-electron chi connectivity index (χ4n) is 3.70. The summed E-state index contributed by atoms with van der Waals surface area (Å²) in [7, 11) is 0. The van der Waals surface area contributed by atoms with Crippen molar-refractivity contribution in [3.05, 3.63) is 99.2 Å². The molecule has 0 bridgehead atoms. The second-order valence-corrected chi connectivity index (χ2v) is 8.80. The van der Waals surface area contributed by atoms with E-state index in [1.54, 1.807) is 42.3 Å². The molecule has 0 aliphatic rings. The highest BCUT2D eigenvalue weighted by Crippen LogP contribution is 2.27. The van der Waals surface area contributed by atoms with Crippen molar-refractivity contribution in [2.24, 2.45) is 5.73 Å². The number of nitrogens with one attached hydrogen (secondary N) is 1. The summed E-state index contributed by atoms with van der Waals surface area (Å²) in [6, 6.07) is 11.7. The number of aromatic amines is 1. The minimum Gasteiger partial charge on any atom is -0.341 e. The summed E-state index contributed by atoms with van der Waals surface area (Å²) in [5.74, 6) is 1.13. The topological polar surface area (TPSA) is 115 Å². The maximum absolute atomic E-state index is 13.4. The number of carbonyl (C=O) groups excluding carboxylic acids is 1. The molecule has 36 heavy (non-hydrogen) atoms. The van der Waals surface area contributed by atoms with Crippen LogP contribution in [0.5, 0.6) is 0 Å². The largest absolute Gasteiger partial charge is 0.341 e. The first-order valence-corrected chi connectivity index (χ1v) is 11.6. The standard InChI is InChI=1S/C15H15FN4.C10H7Cl2N3O/c1-9-19-14-6-11(8-18-15(14)20-9)13(7-17)10-3-2-4-12(16)5-10;1-6-13-5-15(14-6)7-2-9(11)8(4-16)10(12)3-7/h2-6,8,13H,7,17H2,1H3,(H,18,19,20);2-5H,1H3. The first-order chi connectivity index (χ1) is 17.3. The van der Waals surface area contributed by atoms with E-state index in [0.29, 0.717) is 40.0 Å². The molecule has 3 N–H and O–H groups in total. The van der Waals surface area contributed by atoms with Crippen LogP contribution in [0.15, 0.2) is 55.0 Å². The number of aldehydes is 1. The van der Waals surface area contributed by atoms with Crippen LogP contribution in [0, 0.1) is 19.7 Å². The zero-order chi connectivity index (χ0) is 25.8. The molecule has 5 rings (SSSR count). The lowest BCUT2D eigenvalue weighted by atomic mass is 9.92. The molecule has 184 valence electrons. The lowest BCUT2D eigenvalue weighted by Gasteiger charge is -2.15. The molecule has 0 aliphatic carbocycles. The van der Waals surface area contributed by atoms with Crippen LogP contribution in [0.25, 0.3) is 16.9 Å². The molecule has 0 spiro atoms. The molecule has 0 radical (unpaired) electrons. The van der Waals surface area contributed by atoms with Crippen molar-refractivity contribution in [2.75, 3.05) is 6.54 Å². The van der Waals surface area contributed by atoms with Crippen LogP contribution in [0.2, 0.25) is 10.0 Å². The Bertz CT molecular complexity index is 1510. The Morgan fingerprint density at radius 2 is 1.86 bits per heavy atom. The van der Waals surface area contributed by atoms with Gasteiger partial charge in [0.25, 0.3) is 0 Å². The van der Waals surface area contributed by atoms with Crippen LogP contribution >= 0.6 is 23.2 Å². The van der Waals surface area contributed by atoms with E-state index in [2.05, 4.69) is 25.0 Å². The summed E-state index contributed by atoms with van der Waals surface area (Å²) < 4.78 is 14.9. The van der Waals surface area contributed by atoms with Crippen LogP contribution < -0.4 is 5.73 Å². The Morgan fingerprint density at radius 1 is 1.11 bits per heavy atom. The second-order valence-electron chi connectivity index (χ2n) is 7.98. The van der Waals surface area contributed by atoms with Crippen molar-refractivity contribution in [1.82, 2.24) is 29.7 Å². The van der Waals surface area contributed by atoms with Gasteiger partial charge >= 0.3 is 0 Å². The van der Waals surface area contributed by atoms with Gasteiger partial charge in [0.1, 0.15) is 23.8 Å². The highest BCUT2D eigenvalue weighted by atomic mass is 35.5. The number of aromatic nitrogens is 6. The predicted octanol–water partition coefficient (Wildman–Crippen LogP) is 5.19. The van der Waals surface area contributed by atoms with Gasteiger partial charge in [-0.05, 0) is 55.3 Å². The number of hydrogen-bond acceptors (Lipinski definition) is 6. The van der Waals surface area contributed by atoms with Gasteiger partial charge in [0, 0.05) is 18.7 Å². The van der Waals surface area contributed by atoms with Crippen molar-refractivity contribution >= 4 is 40.7 Å². The number of H-pyrrole nitrogens is 1. The molecule has 2 aromatic carbocycles. The van der Waals surface area contributed by atoms with Gasteiger partial charge in [0.15, 0.2) is 11.9 Å². The van der Waals surface area contributed by atoms with Crippen molar-refractivity contribution < 1.29 is 9.18 Å². The number of halogens is 3. The summed E-state index contributed by atoms with van der Waals surface area (Å²) in [6.07, 6.45) is 3.93. The number of pyridine rings is 1. The fourth-order valence-corrected chi connectivity index (χ4v) is 4.27. The summed E-state index contributed by atoms with van der Waals surface area (Å²) in [6.45, 7) is 4.05. The third-order valence-electron chi connectivity index (χ3n) is 5.42. The Hall–Kier alpha value is -3.66. The number of benzene rings is 2. The van der Waals surface area contributed by atoms with E-state index in [9.17, 15) is 9.18 Å². The fraction of sp³-hybridized carbons (Fsp3) is 0.160. The highest BCUT2D eigenvalue weighted by Gasteiger charge is 2.15. The van der Waals surface area contributed by atoms with Gasteiger partial charge in [-0.1, -0.05) is 35.3 Å². The van der Waals surface area contributed by atoms with Gasteiger partial charge in [-0.15, -0.1) is 0 Å². The molecule has 5 aromatic rings. The van der Waals surface area contributed by atoms with Gasteiger partial charge in [0.2, 0.25) is 0 Å². The summed E-state index contributed by atoms with van der Waals surface area (Å²) in [5, 5.41) is 4.71. The van der Waals surface area contributed by atoms with Crippen molar-refractivity contribution in [3.8, 4) is 5.69 Å². The molecule has 0 fully saturated rings. The van der Waals surface area contributed by atoms with E-state index in [1.165, 1.54) is 12.1 Å². The lowest BCUT2D eigenvalue weighted by molar-refractivity contribution is 0.112. The molecule has 1 unspecified atom stereocenters. The number of rotatable bonds is 5. The van der Waals surface area contributed by atoms with Gasteiger partial charge in [0.05, 0.1) is 26.8 Å². The number of carbonyl (C=O) groups is 1. The van der Waals surface area contributed by atoms with Gasteiger partial charge < -0.3 is 10.7 Å². The predicted molar refractivity (Wildman–Crippen MR) is 137 cm³/mol. The molecule has 8 nitrogen and oxygen atoms in total. The molecule has 3 heterocycles. The van der Waals surface area contributed by atoms with Gasteiger partial charge in [-0.2, -0.15) is 5.10 Å². The zero-order valence-corrected chi connectivity index (χ0v) is 20.9. The third kappa shape index (κ3) is 5.59. The number of nitrogens with zero attached hydrogens (tertiary/aromatic N) is 5. The van der Waals surface area contributed by atoms with Crippen LogP contribution in [-0.2, 0) is 0 Å². The summed E-state index contributed by atoms with van der Waals surface area (Å²) >= 11 is 11.8. The number of imidazole rings is 1. The Labute approximate surface area is 216 Å². The Balaban J connectivity index is 0.000000174. The first kappa shape index (κ1) is 25.4. The lowest BCUT2D eigenvalue weighted by Crippen LogP contribution is -2.14. The van der Waals surface area contributed by atoms with E-state index in [-0.39, 0.29) is 17.3 Å². The van der Waals surface area contributed by atoms with Crippen LogP contribution in [0.1, 0.15) is 39.1 Å². The van der Waals surface area contributed by atoms with E-state index in [0.717, 1.165) is 22.5 Å². The van der Waals surface area contributed by atoms with E-state index in [1.807, 2.05) is 19.1 Å². The quantitative estimate of drug-likeness (QED) is 0.305. The van der Waals surface area contributed by atoms with Crippen LogP contribution in [0.3, 0.4) is 0 Å². The van der Waals surface area contributed by atoms with Crippen LogP contribution in [-0.4, -0.2) is 42.5 Å². The smallest absolute Gasteiger partial charge is 0.177 e. The normalized spacial score (nSPS) is 11.7. The number of hydrogen-bond donors (Lipinski definition) is 2. The maximum Gasteiger partial charge on any atom is 0.177 e. The van der Waals surface area contributed by atoms with E-state index in [4.69, 9.17) is 28.9 Å². The van der Waals surface area contributed by atoms with Gasteiger partial charge in [-0.3, -0.25) is 4.79 Å². The molecular formula is C25H22Cl2FN7O.